The van der Waals surface area contributed by atoms with Crippen LogP contribution in [-0.4, -0.2) is 45.0 Å². The van der Waals surface area contributed by atoms with Crippen LogP contribution in [0.3, 0.4) is 0 Å². The largest absolute Gasteiger partial charge is 0.490 e. The van der Waals surface area contributed by atoms with Gasteiger partial charge in [0.15, 0.2) is 0 Å². The second-order valence-corrected chi connectivity index (χ2v) is 11.0. The zero-order valence-electron chi connectivity index (χ0n) is 24.4. The Morgan fingerprint density at radius 3 is 2.33 bits per heavy atom. The average molecular weight is 605 g/mol. The lowest BCUT2D eigenvalue weighted by Crippen LogP contribution is -2.39. The number of amides is 2. The predicted octanol–water partition coefficient (Wildman–Crippen LogP) is 6.35. The van der Waals surface area contributed by atoms with E-state index in [1.54, 1.807) is 36.5 Å². The summed E-state index contributed by atoms with van der Waals surface area (Å²) < 4.78 is 12.0. The summed E-state index contributed by atoms with van der Waals surface area (Å²) in [5, 5.41) is 16.1. The molecule has 0 bridgehead atoms. The number of pyridine rings is 1. The molecule has 228 valence electrons. The molecular weight excluding hydrogens is 572 g/mol. The van der Waals surface area contributed by atoms with Crippen molar-refractivity contribution in [3.05, 3.63) is 114 Å². The van der Waals surface area contributed by atoms with Gasteiger partial charge in [0.1, 0.15) is 17.2 Å². The molecule has 45 heavy (non-hydrogen) atoms. The summed E-state index contributed by atoms with van der Waals surface area (Å²) in [6, 6.07) is 26.8. The quantitative estimate of drug-likeness (QED) is 0.145. The number of hydrogen-bond donors (Lipinski definition) is 4. The highest BCUT2D eigenvalue weighted by Crippen LogP contribution is 2.27. The molecule has 0 unspecified atom stereocenters. The van der Waals surface area contributed by atoms with Gasteiger partial charge in [-0.15, -0.1) is 0 Å². The summed E-state index contributed by atoms with van der Waals surface area (Å²) in [6.07, 6.45) is 5.03. The number of rotatable bonds is 10. The first-order chi connectivity index (χ1) is 21.9. The second kappa shape index (κ2) is 13.3. The molecule has 2 amide bonds. The van der Waals surface area contributed by atoms with Gasteiger partial charge in [0.2, 0.25) is 11.8 Å². The molecule has 2 aromatic heterocycles. The van der Waals surface area contributed by atoms with Crippen molar-refractivity contribution >= 4 is 34.4 Å². The van der Waals surface area contributed by atoms with Gasteiger partial charge in [-0.2, -0.15) is 0 Å². The number of aromatic amines is 1. The van der Waals surface area contributed by atoms with E-state index in [2.05, 4.69) is 20.6 Å². The summed E-state index contributed by atoms with van der Waals surface area (Å²) in [5.41, 5.74) is 2.45. The fourth-order valence-corrected chi connectivity index (χ4v) is 5.42. The van der Waals surface area contributed by atoms with Crippen LogP contribution in [0.15, 0.2) is 97.2 Å². The van der Waals surface area contributed by atoms with Gasteiger partial charge in [0.25, 0.3) is 5.91 Å². The standard InChI is InChI=1S/C35H32N4O6/c40-32(39-30-8-4-2-6-28(30)35(42)43)19-22-9-18-33(36-21-22)45-27-16-14-26(15-17-27)44-25-12-10-24(11-13-25)37-34(41)31-20-23-5-1-3-7-29(23)38-31/h1-9,14-18,20-21,24-25,38H,10-13,19H2,(H,37,41)(H,39,40)(H,42,43). The molecule has 10 nitrogen and oxygen atoms in total. The minimum atomic E-state index is -1.11. The first-order valence-corrected chi connectivity index (χ1v) is 14.8. The fraction of sp³-hybridized carbons (Fsp3) is 0.200. The van der Waals surface area contributed by atoms with Gasteiger partial charge in [0.05, 0.1) is 23.8 Å². The first-order valence-electron chi connectivity index (χ1n) is 14.8. The summed E-state index contributed by atoms with van der Waals surface area (Å²) in [7, 11) is 0. The van der Waals surface area contributed by atoms with Crippen LogP contribution in [0.1, 0.15) is 52.1 Å². The zero-order valence-corrected chi connectivity index (χ0v) is 24.4. The third kappa shape index (κ3) is 7.48. The number of H-pyrrole nitrogens is 1. The number of benzene rings is 3. The Bertz CT molecular complexity index is 1780. The number of para-hydroxylation sites is 2. The van der Waals surface area contributed by atoms with Gasteiger partial charge in [-0.3, -0.25) is 9.59 Å². The highest BCUT2D eigenvalue weighted by atomic mass is 16.5. The van der Waals surface area contributed by atoms with Gasteiger partial charge in [-0.25, -0.2) is 9.78 Å². The van der Waals surface area contributed by atoms with Crippen LogP contribution in [0.5, 0.6) is 17.4 Å². The number of nitrogens with zero attached hydrogens (tertiary/aromatic N) is 1. The molecule has 1 saturated carbocycles. The number of hydrogen-bond acceptors (Lipinski definition) is 6. The van der Waals surface area contributed by atoms with E-state index in [0.29, 0.717) is 22.9 Å². The lowest BCUT2D eigenvalue weighted by Gasteiger charge is -2.29. The monoisotopic (exact) mass is 604 g/mol. The van der Waals surface area contributed by atoms with Crippen molar-refractivity contribution in [2.24, 2.45) is 0 Å². The molecule has 2 heterocycles. The van der Waals surface area contributed by atoms with Crippen molar-refractivity contribution in [3.63, 3.8) is 0 Å². The molecule has 1 fully saturated rings. The summed E-state index contributed by atoms with van der Waals surface area (Å²) in [6.45, 7) is 0. The molecule has 0 saturated heterocycles. The van der Waals surface area contributed by atoms with Gasteiger partial charge in [0, 0.05) is 29.2 Å². The van der Waals surface area contributed by atoms with E-state index in [9.17, 15) is 19.5 Å². The Kier molecular flexibility index (Phi) is 8.72. The number of fused-ring (bicyclic) bond motifs is 1. The SMILES string of the molecule is O=C(Cc1ccc(Oc2ccc(OC3CCC(NC(=O)c4cc5ccccc5[nH]4)CC3)cc2)nc1)Nc1ccccc1C(=O)O. The maximum absolute atomic E-state index is 12.7. The molecule has 0 spiro atoms. The molecule has 0 atom stereocenters. The minimum absolute atomic E-state index is 0.0274. The van der Waals surface area contributed by atoms with Crippen molar-refractivity contribution in [2.45, 2.75) is 44.2 Å². The lowest BCUT2D eigenvalue weighted by atomic mass is 9.93. The molecule has 6 rings (SSSR count). The number of aromatic nitrogens is 2. The number of nitrogens with one attached hydrogen (secondary N) is 3. The maximum Gasteiger partial charge on any atom is 0.337 e. The molecule has 0 aliphatic heterocycles. The Balaban J connectivity index is 0.942. The van der Waals surface area contributed by atoms with E-state index in [4.69, 9.17) is 9.47 Å². The third-order valence-corrected chi connectivity index (χ3v) is 7.73. The van der Waals surface area contributed by atoms with E-state index >= 15 is 0 Å². The van der Waals surface area contributed by atoms with Gasteiger partial charge < -0.3 is 30.2 Å². The van der Waals surface area contributed by atoms with Crippen molar-refractivity contribution < 1.29 is 29.0 Å². The van der Waals surface area contributed by atoms with Gasteiger partial charge in [-0.05, 0) is 79.8 Å². The number of carboxylic acids is 1. The van der Waals surface area contributed by atoms with Crippen molar-refractivity contribution in [1.82, 2.24) is 15.3 Å². The van der Waals surface area contributed by atoms with Crippen LogP contribution in [0.4, 0.5) is 5.69 Å². The van der Waals surface area contributed by atoms with E-state index in [0.717, 1.165) is 42.3 Å². The number of aromatic carboxylic acids is 1. The normalized spacial score (nSPS) is 16.1. The minimum Gasteiger partial charge on any atom is -0.490 e. The van der Waals surface area contributed by atoms with Crippen LogP contribution in [0.25, 0.3) is 10.9 Å². The topological polar surface area (TPSA) is 143 Å². The molecular formula is C35H32N4O6. The molecule has 5 aromatic rings. The molecule has 1 aliphatic carbocycles. The number of carbonyl (C=O) groups excluding carboxylic acids is 2. The van der Waals surface area contributed by atoms with Gasteiger partial charge >= 0.3 is 5.97 Å². The highest BCUT2D eigenvalue weighted by Gasteiger charge is 2.24. The predicted molar refractivity (Wildman–Crippen MR) is 169 cm³/mol. The number of ether oxygens (including phenoxy) is 2. The molecule has 10 heteroatoms. The van der Waals surface area contributed by atoms with Crippen molar-refractivity contribution in [3.8, 4) is 17.4 Å². The maximum atomic E-state index is 12.7. The molecule has 3 aromatic carbocycles. The molecule has 1 aliphatic rings. The zero-order chi connectivity index (χ0) is 31.2. The van der Waals surface area contributed by atoms with Gasteiger partial charge in [-0.1, -0.05) is 36.4 Å². The van der Waals surface area contributed by atoms with E-state index in [1.807, 2.05) is 54.6 Å². The molecule has 4 N–H and O–H groups in total. The second-order valence-electron chi connectivity index (χ2n) is 11.0. The number of carbonyl (C=O) groups is 3. The highest BCUT2D eigenvalue weighted by molar-refractivity contribution is 6.01. The summed E-state index contributed by atoms with van der Waals surface area (Å²) in [4.78, 5) is 44.0. The van der Waals surface area contributed by atoms with E-state index in [1.165, 1.54) is 6.07 Å². The Morgan fingerprint density at radius 2 is 1.60 bits per heavy atom. The molecule has 0 radical (unpaired) electrons. The smallest absolute Gasteiger partial charge is 0.337 e. The van der Waals surface area contributed by atoms with Crippen molar-refractivity contribution in [1.29, 1.82) is 0 Å². The van der Waals surface area contributed by atoms with E-state index in [-0.39, 0.29) is 41.6 Å². The number of anilines is 1. The average Bonchev–Trinajstić information content (AvgIpc) is 3.49. The van der Waals surface area contributed by atoms with E-state index < -0.39 is 5.97 Å². The third-order valence-electron chi connectivity index (χ3n) is 7.73. The summed E-state index contributed by atoms with van der Waals surface area (Å²) in [5.74, 6) is 0.164. The van der Waals surface area contributed by atoms with Crippen LogP contribution in [-0.2, 0) is 11.2 Å². The Morgan fingerprint density at radius 1 is 0.867 bits per heavy atom. The fourth-order valence-electron chi connectivity index (χ4n) is 5.42. The van der Waals surface area contributed by atoms with Crippen LogP contribution in [0.2, 0.25) is 0 Å². The van der Waals surface area contributed by atoms with Crippen LogP contribution in [0, 0.1) is 0 Å². The Hall–Kier alpha value is -5.64. The lowest BCUT2D eigenvalue weighted by molar-refractivity contribution is -0.115. The summed E-state index contributed by atoms with van der Waals surface area (Å²) >= 11 is 0. The first kappa shape index (κ1) is 29.4. The van der Waals surface area contributed by atoms with Crippen LogP contribution < -0.4 is 20.1 Å². The number of carboxylic acid groups (broad SMARTS) is 1. The van der Waals surface area contributed by atoms with Crippen LogP contribution >= 0.6 is 0 Å². The Labute approximate surface area is 259 Å². The van der Waals surface area contributed by atoms with Crippen molar-refractivity contribution in [2.75, 3.05) is 5.32 Å².